The van der Waals surface area contributed by atoms with Crippen molar-refractivity contribution in [2.75, 3.05) is 26.2 Å². The first-order valence-electron chi connectivity index (χ1n) is 12.7. The van der Waals surface area contributed by atoms with Gasteiger partial charge in [0.25, 0.3) is 0 Å². The largest absolute Gasteiger partial charge is 0.492 e. The van der Waals surface area contributed by atoms with Gasteiger partial charge in [0.1, 0.15) is 11.8 Å². The Balaban J connectivity index is 1.23. The van der Waals surface area contributed by atoms with E-state index in [9.17, 15) is 15.2 Å². The van der Waals surface area contributed by atoms with Crippen LogP contribution in [0.4, 0.5) is 0 Å². The molecule has 3 fully saturated rings. The maximum atomic E-state index is 11.7. The minimum Gasteiger partial charge on any atom is -0.492 e. The fourth-order valence-electron chi connectivity index (χ4n) is 5.75. The van der Waals surface area contributed by atoms with Crippen LogP contribution < -0.4 is 4.74 Å². The molecule has 1 heterocycles. The maximum Gasteiger partial charge on any atom is 0.310 e. The van der Waals surface area contributed by atoms with E-state index in [0.717, 1.165) is 51.1 Å². The second-order valence-corrected chi connectivity index (χ2v) is 10.8. The van der Waals surface area contributed by atoms with Gasteiger partial charge >= 0.3 is 5.97 Å². The molecule has 2 aromatic carbocycles. The molecule has 2 aliphatic carbocycles. The minimum atomic E-state index is -0.638. The lowest BCUT2D eigenvalue weighted by atomic mass is 9.74. The number of benzene rings is 2. The predicted octanol–water partition coefficient (Wildman–Crippen LogP) is 5.47. The predicted molar refractivity (Wildman–Crippen MR) is 131 cm³/mol. The lowest BCUT2D eigenvalue weighted by molar-refractivity contribution is -0.144. The van der Waals surface area contributed by atoms with E-state index in [2.05, 4.69) is 41.3 Å². The fraction of sp³-hybridized carbons (Fsp3) is 0.517. The number of aliphatic carboxylic acids is 1. The molecular formula is C29H34N2O3. The summed E-state index contributed by atoms with van der Waals surface area (Å²) in [6, 6.07) is 20.6. The summed E-state index contributed by atoms with van der Waals surface area (Å²) in [5.74, 6) is 1.46. The third-order valence-electron chi connectivity index (χ3n) is 8.49. The summed E-state index contributed by atoms with van der Waals surface area (Å²) in [6.07, 6.45) is 7.22. The van der Waals surface area contributed by atoms with Crippen LogP contribution in [0.5, 0.6) is 5.75 Å². The molecule has 0 aromatic heterocycles. The van der Waals surface area contributed by atoms with Crippen molar-refractivity contribution >= 4 is 5.97 Å². The van der Waals surface area contributed by atoms with Gasteiger partial charge in [0, 0.05) is 12.0 Å². The number of carboxylic acids is 1. The zero-order valence-corrected chi connectivity index (χ0v) is 19.8. The second-order valence-electron chi connectivity index (χ2n) is 10.8. The van der Waals surface area contributed by atoms with Crippen LogP contribution in [0.15, 0.2) is 54.6 Å². The average Bonchev–Trinajstić information content (AvgIpc) is 3.80. The highest BCUT2D eigenvalue weighted by Gasteiger charge is 2.52. The van der Waals surface area contributed by atoms with Crippen molar-refractivity contribution in [2.45, 2.75) is 50.9 Å². The van der Waals surface area contributed by atoms with Crippen molar-refractivity contribution in [1.29, 1.82) is 5.26 Å². The summed E-state index contributed by atoms with van der Waals surface area (Å²) in [5, 5.41) is 19.0. The first-order chi connectivity index (χ1) is 16.5. The van der Waals surface area contributed by atoms with Crippen LogP contribution >= 0.6 is 0 Å². The van der Waals surface area contributed by atoms with Gasteiger partial charge in [-0.15, -0.1) is 0 Å². The number of likely N-dealkylation sites (tertiary alicyclic amines) is 1. The van der Waals surface area contributed by atoms with E-state index in [0.29, 0.717) is 30.4 Å². The van der Waals surface area contributed by atoms with Gasteiger partial charge in [-0.2, -0.15) is 5.26 Å². The Hall–Kier alpha value is -2.84. The molecule has 1 aliphatic heterocycles. The van der Waals surface area contributed by atoms with Gasteiger partial charge in [-0.1, -0.05) is 42.5 Å². The van der Waals surface area contributed by atoms with Gasteiger partial charge in [0.15, 0.2) is 0 Å². The zero-order chi connectivity index (χ0) is 23.6. The molecule has 34 heavy (non-hydrogen) atoms. The summed E-state index contributed by atoms with van der Waals surface area (Å²) in [6.45, 7) is 3.14. The first-order valence-corrected chi connectivity index (χ1v) is 12.7. The normalized spacial score (nSPS) is 24.7. The van der Waals surface area contributed by atoms with E-state index in [1.54, 1.807) is 6.07 Å². The molecule has 5 rings (SSSR count). The average molecular weight is 459 g/mol. The molecule has 1 N–H and O–H groups in total. The molecule has 0 radical (unpaired) electrons. The lowest BCUT2D eigenvalue weighted by Gasteiger charge is -2.42. The van der Waals surface area contributed by atoms with E-state index in [-0.39, 0.29) is 5.41 Å². The SMILES string of the molecule is N#Cc1ccccc1OCC1(CC[C@@H]2CC2c2ccccc2)CCN(CC2(C(=O)O)CC2)CC1. The number of carbonyl (C=O) groups is 1. The second kappa shape index (κ2) is 9.43. The molecule has 0 amide bonds. The Labute approximate surface area is 202 Å². The number of nitriles is 1. The molecule has 3 aliphatic rings. The zero-order valence-electron chi connectivity index (χ0n) is 19.8. The molecule has 0 bridgehead atoms. The van der Waals surface area contributed by atoms with E-state index in [1.165, 1.54) is 18.4 Å². The van der Waals surface area contributed by atoms with Crippen LogP contribution in [-0.4, -0.2) is 42.2 Å². The third-order valence-corrected chi connectivity index (χ3v) is 8.49. The molecule has 1 saturated heterocycles. The maximum absolute atomic E-state index is 11.7. The minimum absolute atomic E-state index is 0.0723. The van der Waals surface area contributed by atoms with Gasteiger partial charge < -0.3 is 14.7 Å². The number of ether oxygens (including phenoxy) is 1. The summed E-state index contributed by atoms with van der Waals surface area (Å²) in [4.78, 5) is 14.0. The highest BCUT2D eigenvalue weighted by atomic mass is 16.5. The number of rotatable bonds is 10. The number of nitrogens with zero attached hydrogens (tertiary/aromatic N) is 2. The van der Waals surface area contributed by atoms with Gasteiger partial charge in [0.2, 0.25) is 0 Å². The Kier molecular flexibility index (Phi) is 6.36. The van der Waals surface area contributed by atoms with Crippen molar-refractivity contribution in [3.05, 3.63) is 65.7 Å². The molecule has 2 aromatic rings. The van der Waals surface area contributed by atoms with Gasteiger partial charge in [-0.05, 0) is 87.6 Å². The number of hydrogen-bond acceptors (Lipinski definition) is 4. The van der Waals surface area contributed by atoms with Crippen LogP contribution in [0, 0.1) is 28.1 Å². The lowest BCUT2D eigenvalue weighted by Crippen LogP contribution is -2.46. The molecule has 5 heteroatoms. The van der Waals surface area contributed by atoms with Crippen LogP contribution in [0.25, 0.3) is 0 Å². The quantitative estimate of drug-likeness (QED) is 0.511. The highest BCUT2D eigenvalue weighted by Crippen LogP contribution is 2.53. The van der Waals surface area contributed by atoms with Gasteiger partial charge in [0.05, 0.1) is 17.6 Å². The molecule has 5 nitrogen and oxygen atoms in total. The first kappa shape index (κ1) is 22.9. The summed E-state index contributed by atoms with van der Waals surface area (Å²) in [5.41, 5.74) is 1.61. The van der Waals surface area contributed by atoms with Gasteiger partial charge in [-0.25, -0.2) is 0 Å². The molecular weight excluding hydrogens is 424 g/mol. The summed E-state index contributed by atoms with van der Waals surface area (Å²) >= 11 is 0. The van der Waals surface area contributed by atoms with Crippen molar-refractivity contribution in [3.8, 4) is 11.8 Å². The summed E-state index contributed by atoms with van der Waals surface area (Å²) in [7, 11) is 0. The Morgan fingerprint density at radius 3 is 2.44 bits per heavy atom. The van der Waals surface area contributed by atoms with E-state index < -0.39 is 11.4 Å². The van der Waals surface area contributed by atoms with E-state index in [1.807, 2.05) is 18.2 Å². The third kappa shape index (κ3) is 4.98. The molecule has 178 valence electrons. The smallest absolute Gasteiger partial charge is 0.310 e. The van der Waals surface area contributed by atoms with Crippen molar-refractivity contribution in [3.63, 3.8) is 0 Å². The molecule has 2 atom stereocenters. The number of para-hydroxylation sites is 1. The van der Waals surface area contributed by atoms with Crippen molar-refractivity contribution < 1.29 is 14.6 Å². The monoisotopic (exact) mass is 458 g/mol. The Morgan fingerprint density at radius 2 is 1.76 bits per heavy atom. The Bertz CT molecular complexity index is 1050. The van der Waals surface area contributed by atoms with Gasteiger partial charge in [-0.3, -0.25) is 4.79 Å². The molecule has 2 saturated carbocycles. The van der Waals surface area contributed by atoms with Crippen LogP contribution in [0.3, 0.4) is 0 Å². The van der Waals surface area contributed by atoms with Crippen molar-refractivity contribution in [2.24, 2.45) is 16.7 Å². The van der Waals surface area contributed by atoms with E-state index in [4.69, 9.17) is 4.74 Å². The number of carboxylic acid groups (broad SMARTS) is 1. The standard InChI is InChI=1S/C29H34N2O3/c30-19-24-8-4-5-9-26(24)34-21-28(11-10-23-18-25(23)22-6-2-1-3-7-22)14-16-31(17-15-28)20-29(12-13-29)27(32)33/h1-9,23,25H,10-18,20-21H2,(H,32,33)/t23-,25?/m1/s1. The highest BCUT2D eigenvalue weighted by molar-refractivity contribution is 5.78. The Morgan fingerprint density at radius 1 is 1.06 bits per heavy atom. The molecule has 1 unspecified atom stereocenters. The fourth-order valence-corrected chi connectivity index (χ4v) is 5.75. The van der Waals surface area contributed by atoms with E-state index >= 15 is 0 Å². The summed E-state index contributed by atoms with van der Waals surface area (Å²) < 4.78 is 6.29. The van der Waals surface area contributed by atoms with Crippen LogP contribution in [0.2, 0.25) is 0 Å². The topological polar surface area (TPSA) is 73.6 Å². The van der Waals surface area contributed by atoms with Crippen LogP contribution in [-0.2, 0) is 4.79 Å². The number of piperidine rings is 1. The molecule has 0 spiro atoms. The van der Waals surface area contributed by atoms with Crippen LogP contribution in [0.1, 0.15) is 62.0 Å². The number of hydrogen-bond donors (Lipinski definition) is 1. The van der Waals surface area contributed by atoms with Crippen molar-refractivity contribution in [1.82, 2.24) is 4.90 Å².